The van der Waals surface area contributed by atoms with Crippen LogP contribution in [0, 0.1) is 0 Å². The lowest BCUT2D eigenvalue weighted by Gasteiger charge is -2.10. The van der Waals surface area contributed by atoms with E-state index in [-0.39, 0.29) is 0 Å². The van der Waals surface area contributed by atoms with Crippen LogP contribution in [-0.4, -0.2) is 17.7 Å². The zero-order valence-corrected chi connectivity index (χ0v) is 7.94. The molecule has 0 aliphatic heterocycles. The smallest absolute Gasteiger partial charge is 0.0577 e. The third-order valence-corrected chi connectivity index (χ3v) is 2.30. The topological polar surface area (TPSA) is 22.1 Å². The molecule has 2 rings (SSSR count). The average molecular weight is 177 g/mol. The molecule has 0 bridgehead atoms. The summed E-state index contributed by atoms with van der Waals surface area (Å²) in [5.41, 5.74) is 1.13. The van der Waals surface area contributed by atoms with E-state index in [2.05, 4.69) is 18.0 Å². The number of pyridine rings is 1. The molecule has 1 aromatic rings. The number of hydrogen-bond acceptors (Lipinski definition) is 2. The fraction of sp³-hybridized carbons (Fsp3) is 0.545. The monoisotopic (exact) mass is 177 g/mol. The second kappa shape index (κ2) is 3.88. The molecule has 1 heterocycles. The molecule has 70 valence electrons. The molecule has 0 saturated heterocycles. The van der Waals surface area contributed by atoms with E-state index in [0.717, 1.165) is 12.3 Å². The normalized spacial score (nSPS) is 18.5. The molecule has 1 aromatic heterocycles. The van der Waals surface area contributed by atoms with Crippen LogP contribution in [-0.2, 0) is 4.74 Å². The van der Waals surface area contributed by atoms with Gasteiger partial charge in [0.15, 0.2) is 0 Å². The first-order valence-corrected chi connectivity index (χ1v) is 4.89. The maximum absolute atomic E-state index is 5.63. The Morgan fingerprint density at radius 3 is 3.00 bits per heavy atom. The van der Waals surface area contributed by atoms with Crippen molar-refractivity contribution in [3.8, 4) is 0 Å². The lowest BCUT2D eigenvalue weighted by atomic mass is 10.1. The van der Waals surface area contributed by atoms with Crippen LogP contribution in [0.25, 0.3) is 0 Å². The van der Waals surface area contributed by atoms with Crippen molar-refractivity contribution in [3.63, 3.8) is 0 Å². The predicted octanol–water partition coefficient (Wildman–Crippen LogP) is 2.36. The van der Waals surface area contributed by atoms with Gasteiger partial charge < -0.3 is 4.74 Å². The SMILES string of the molecule is CC(COC1CC1)c1ccccn1. The molecule has 0 N–H and O–H groups in total. The van der Waals surface area contributed by atoms with E-state index in [0.29, 0.717) is 12.0 Å². The molecule has 1 unspecified atom stereocenters. The van der Waals surface area contributed by atoms with E-state index >= 15 is 0 Å². The number of rotatable bonds is 4. The van der Waals surface area contributed by atoms with Crippen LogP contribution in [0.3, 0.4) is 0 Å². The van der Waals surface area contributed by atoms with Crippen molar-refractivity contribution in [2.45, 2.75) is 31.8 Å². The molecule has 0 radical (unpaired) electrons. The maximum Gasteiger partial charge on any atom is 0.0577 e. The first-order valence-electron chi connectivity index (χ1n) is 4.89. The van der Waals surface area contributed by atoms with Crippen LogP contribution < -0.4 is 0 Å². The highest BCUT2D eigenvalue weighted by atomic mass is 16.5. The van der Waals surface area contributed by atoms with Crippen molar-refractivity contribution in [3.05, 3.63) is 30.1 Å². The lowest BCUT2D eigenvalue weighted by molar-refractivity contribution is 0.108. The van der Waals surface area contributed by atoms with E-state index in [1.54, 1.807) is 0 Å². The average Bonchev–Trinajstić information content (AvgIpc) is 2.99. The number of hydrogen-bond donors (Lipinski definition) is 0. The van der Waals surface area contributed by atoms with Crippen molar-refractivity contribution < 1.29 is 4.74 Å². The fourth-order valence-corrected chi connectivity index (χ4v) is 1.27. The summed E-state index contributed by atoms with van der Waals surface area (Å²) in [6.07, 6.45) is 4.87. The minimum Gasteiger partial charge on any atom is -0.378 e. The van der Waals surface area contributed by atoms with Gasteiger partial charge in [-0.2, -0.15) is 0 Å². The first kappa shape index (κ1) is 8.70. The largest absolute Gasteiger partial charge is 0.378 e. The Morgan fingerprint density at radius 1 is 1.54 bits per heavy atom. The molecule has 0 aromatic carbocycles. The lowest BCUT2D eigenvalue weighted by Crippen LogP contribution is -2.06. The molecule has 1 aliphatic rings. The van der Waals surface area contributed by atoms with Crippen LogP contribution in [0.15, 0.2) is 24.4 Å². The van der Waals surface area contributed by atoms with Gasteiger partial charge in [0.05, 0.1) is 12.7 Å². The summed E-state index contributed by atoms with van der Waals surface area (Å²) in [6, 6.07) is 6.02. The van der Waals surface area contributed by atoms with Crippen LogP contribution in [0.5, 0.6) is 0 Å². The van der Waals surface area contributed by atoms with Gasteiger partial charge in [0.25, 0.3) is 0 Å². The van der Waals surface area contributed by atoms with Crippen LogP contribution in [0.2, 0.25) is 0 Å². The number of nitrogens with zero attached hydrogens (tertiary/aromatic N) is 1. The highest BCUT2D eigenvalue weighted by Crippen LogP contribution is 2.25. The zero-order chi connectivity index (χ0) is 9.10. The molecule has 1 fully saturated rings. The van der Waals surface area contributed by atoms with Gasteiger partial charge in [-0.1, -0.05) is 13.0 Å². The van der Waals surface area contributed by atoms with Gasteiger partial charge in [-0.25, -0.2) is 0 Å². The van der Waals surface area contributed by atoms with Gasteiger partial charge in [0, 0.05) is 17.8 Å². The standard InChI is InChI=1S/C11H15NO/c1-9(8-13-10-5-6-10)11-4-2-3-7-12-11/h2-4,7,9-10H,5-6,8H2,1H3. The summed E-state index contributed by atoms with van der Waals surface area (Å²) in [4.78, 5) is 4.30. The summed E-state index contributed by atoms with van der Waals surface area (Å²) in [5.74, 6) is 0.418. The molecular formula is C11H15NO. The molecule has 1 atom stereocenters. The Labute approximate surface area is 78.9 Å². The fourth-order valence-electron chi connectivity index (χ4n) is 1.27. The van der Waals surface area contributed by atoms with Gasteiger partial charge >= 0.3 is 0 Å². The van der Waals surface area contributed by atoms with Crippen LogP contribution >= 0.6 is 0 Å². The molecule has 13 heavy (non-hydrogen) atoms. The summed E-state index contributed by atoms with van der Waals surface area (Å²) >= 11 is 0. The number of aromatic nitrogens is 1. The van der Waals surface area contributed by atoms with Crippen molar-refractivity contribution in [2.24, 2.45) is 0 Å². The summed E-state index contributed by atoms with van der Waals surface area (Å²) < 4.78 is 5.63. The second-order valence-electron chi connectivity index (χ2n) is 3.69. The van der Waals surface area contributed by atoms with Gasteiger partial charge in [0.2, 0.25) is 0 Å². The summed E-state index contributed by atoms with van der Waals surface area (Å²) in [7, 11) is 0. The van der Waals surface area contributed by atoms with Crippen molar-refractivity contribution >= 4 is 0 Å². The minimum absolute atomic E-state index is 0.418. The number of ether oxygens (including phenoxy) is 1. The molecule has 2 nitrogen and oxygen atoms in total. The van der Waals surface area contributed by atoms with Gasteiger partial charge in [-0.05, 0) is 25.0 Å². The molecule has 0 spiro atoms. The maximum atomic E-state index is 5.63. The molecule has 2 heteroatoms. The van der Waals surface area contributed by atoms with Crippen molar-refractivity contribution in [1.82, 2.24) is 4.98 Å². The van der Waals surface area contributed by atoms with Gasteiger partial charge in [-0.3, -0.25) is 4.98 Å². The van der Waals surface area contributed by atoms with E-state index in [1.165, 1.54) is 12.8 Å². The molecule has 0 amide bonds. The molecular weight excluding hydrogens is 162 g/mol. The Morgan fingerprint density at radius 2 is 2.38 bits per heavy atom. The Kier molecular flexibility index (Phi) is 2.60. The van der Waals surface area contributed by atoms with Crippen molar-refractivity contribution in [1.29, 1.82) is 0 Å². The molecule has 1 aliphatic carbocycles. The highest BCUT2D eigenvalue weighted by molar-refractivity contribution is 5.08. The summed E-state index contributed by atoms with van der Waals surface area (Å²) in [6.45, 7) is 2.96. The Balaban J connectivity index is 1.85. The summed E-state index contributed by atoms with van der Waals surface area (Å²) in [5, 5.41) is 0. The van der Waals surface area contributed by atoms with Crippen LogP contribution in [0.4, 0.5) is 0 Å². The van der Waals surface area contributed by atoms with E-state index < -0.39 is 0 Å². The van der Waals surface area contributed by atoms with Gasteiger partial charge in [0.1, 0.15) is 0 Å². The predicted molar refractivity (Wildman–Crippen MR) is 51.6 cm³/mol. The second-order valence-corrected chi connectivity index (χ2v) is 3.69. The zero-order valence-electron chi connectivity index (χ0n) is 7.94. The van der Waals surface area contributed by atoms with Crippen molar-refractivity contribution in [2.75, 3.05) is 6.61 Å². The van der Waals surface area contributed by atoms with Gasteiger partial charge in [-0.15, -0.1) is 0 Å². The van der Waals surface area contributed by atoms with E-state index in [1.807, 2.05) is 18.3 Å². The Bertz CT molecular complexity index is 256. The first-order chi connectivity index (χ1) is 6.36. The highest BCUT2D eigenvalue weighted by Gasteiger charge is 2.23. The van der Waals surface area contributed by atoms with E-state index in [4.69, 9.17) is 4.74 Å². The quantitative estimate of drug-likeness (QED) is 0.704. The third kappa shape index (κ3) is 2.52. The minimum atomic E-state index is 0.418. The van der Waals surface area contributed by atoms with Crippen LogP contribution in [0.1, 0.15) is 31.4 Å². The van der Waals surface area contributed by atoms with E-state index in [9.17, 15) is 0 Å². The Hall–Kier alpha value is -0.890. The third-order valence-electron chi connectivity index (χ3n) is 2.30. The molecule has 1 saturated carbocycles.